The number of likely N-dealkylation sites (tertiary alicyclic amines) is 1. The van der Waals surface area contributed by atoms with Gasteiger partial charge in [0.1, 0.15) is 0 Å². The lowest BCUT2D eigenvalue weighted by atomic mass is 9.87. The first kappa shape index (κ1) is 20.2. The van der Waals surface area contributed by atoms with Gasteiger partial charge in [0.15, 0.2) is 5.96 Å². The Morgan fingerprint density at radius 1 is 1.17 bits per heavy atom. The molecular weight excluding hydrogens is 417 g/mol. The van der Waals surface area contributed by atoms with Crippen molar-refractivity contribution in [1.29, 1.82) is 0 Å². The van der Waals surface area contributed by atoms with Crippen LogP contribution in [0.4, 0.5) is 0 Å². The average Bonchev–Trinajstić information content (AvgIpc) is 3.13. The van der Waals surface area contributed by atoms with Crippen LogP contribution in [0.15, 0.2) is 4.99 Å². The largest absolute Gasteiger partial charge is 0.381 e. The van der Waals surface area contributed by atoms with Gasteiger partial charge in [0, 0.05) is 58.3 Å². The van der Waals surface area contributed by atoms with E-state index >= 15 is 0 Å². The van der Waals surface area contributed by atoms with Crippen molar-refractivity contribution in [2.24, 2.45) is 10.4 Å². The van der Waals surface area contributed by atoms with Crippen LogP contribution in [-0.2, 0) is 4.74 Å². The number of halogens is 1. The third-order valence-electron chi connectivity index (χ3n) is 5.66. The standard InChI is InChI=1S/C17H33N5O.HI/c1-18-16(22-9-4-17(14-22)5-13-23-15-17)19-6-10-21-8-3-7-20(2)11-12-21;/h3-15H2,1-2H3,(H,18,19);1H. The molecule has 0 saturated carbocycles. The predicted octanol–water partition coefficient (Wildman–Crippen LogP) is 0.930. The normalized spacial score (nSPS) is 29.8. The van der Waals surface area contributed by atoms with Gasteiger partial charge in [-0.15, -0.1) is 24.0 Å². The summed E-state index contributed by atoms with van der Waals surface area (Å²) in [6.45, 7) is 11.0. The zero-order chi connectivity index (χ0) is 16.1. The van der Waals surface area contributed by atoms with E-state index in [1.165, 1.54) is 45.4 Å². The number of ether oxygens (including phenoxy) is 1. The Balaban J connectivity index is 0.00000208. The first-order chi connectivity index (χ1) is 11.2. The van der Waals surface area contributed by atoms with Crippen LogP contribution in [0.5, 0.6) is 0 Å². The van der Waals surface area contributed by atoms with E-state index in [0.717, 1.165) is 45.4 Å². The van der Waals surface area contributed by atoms with Gasteiger partial charge in [-0.1, -0.05) is 0 Å². The molecule has 3 aliphatic heterocycles. The molecule has 6 nitrogen and oxygen atoms in total. The van der Waals surface area contributed by atoms with Gasteiger partial charge < -0.3 is 24.8 Å². The molecule has 1 N–H and O–H groups in total. The van der Waals surface area contributed by atoms with Crippen LogP contribution in [-0.4, -0.2) is 100 Å². The summed E-state index contributed by atoms with van der Waals surface area (Å²) >= 11 is 0. The summed E-state index contributed by atoms with van der Waals surface area (Å²) in [6.07, 6.45) is 3.73. The van der Waals surface area contributed by atoms with E-state index in [0.29, 0.717) is 5.41 Å². The van der Waals surface area contributed by atoms with E-state index in [2.05, 4.69) is 32.1 Å². The molecule has 3 heterocycles. The van der Waals surface area contributed by atoms with E-state index in [1.807, 2.05) is 7.05 Å². The van der Waals surface area contributed by atoms with Crippen LogP contribution in [0.2, 0.25) is 0 Å². The highest BCUT2D eigenvalue weighted by Crippen LogP contribution is 2.38. The Kier molecular flexibility index (Phi) is 8.03. The number of aliphatic imine (C=N–C) groups is 1. The second kappa shape index (κ2) is 9.54. The molecule has 0 aliphatic carbocycles. The van der Waals surface area contributed by atoms with Crippen molar-refractivity contribution in [2.45, 2.75) is 19.3 Å². The number of rotatable bonds is 3. The van der Waals surface area contributed by atoms with Crippen molar-refractivity contribution in [3.63, 3.8) is 0 Å². The van der Waals surface area contributed by atoms with E-state index in [4.69, 9.17) is 4.74 Å². The molecule has 3 saturated heterocycles. The molecule has 0 radical (unpaired) electrons. The van der Waals surface area contributed by atoms with Crippen molar-refractivity contribution in [3.05, 3.63) is 0 Å². The highest BCUT2D eigenvalue weighted by Gasteiger charge is 2.42. The Bertz CT molecular complexity index is 414. The second-order valence-electron chi connectivity index (χ2n) is 7.45. The van der Waals surface area contributed by atoms with Crippen LogP contribution in [0.3, 0.4) is 0 Å². The molecule has 7 heteroatoms. The van der Waals surface area contributed by atoms with E-state index in [-0.39, 0.29) is 24.0 Å². The first-order valence-electron chi connectivity index (χ1n) is 9.15. The fourth-order valence-corrected chi connectivity index (χ4v) is 4.07. The van der Waals surface area contributed by atoms with Crippen LogP contribution in [0.25, 0.3) is 0 Å². The van der Waals surface area contributed by atoms with Gasteiger partial charge in [-0.3, -0.25) is 4.99 Å². The highest BCUT2D eigenvalue weighted by molar-refractivity contribution is 14.0. The lowest BCUT2D eigenvalue weighted by molar-refractivity contribution is 0.156. The monoisotopic (exact) mass is 451 g/mol. The maximum Gasteiger partial charge on any atom is 0.193 e. The minimum Gasteiger partial charge on any atom is -0.381 e. The minimum absolute atomic E-state index is 0. The lowest BCUT2D eigenvalue weighted by Gasteiger charge is -2.26. The summed E-state index contributed by atoms with van der Waals surface area (Å²) in [5.74, 6) is 1.07. The molecule has 24 heavy (non-hydrogen) atoms. The van der Waals surface area contributed by atoms with Gasteiger partial charge in [-0.2, -0.15) is 0 Å². The zero-order valence-electron chi connectivity index (χ0n) is 15.3. The Labute approximate surface area is 164 Å². The maximum atomic E-state index is 5.63. The fourth-order valence-electron chi connectivity index (χ4n) is 4.07. The highest BCUT2D eigenvalue weighted by atomic mass is 127. The number of hydrogen-bond acceptors (Lipinski definition) is 4. The van der Waals surface area contributed by atoms with Crippen LogP contribution in [0.1, 0.15) is 19.3 Å². The third kappa shape index (κ3) is 5.19. The van der Waals surface area contributed by atoms with Crippen molar-refractivity contribution in [2.75, 3.05) is 79.7 Å². The molecule has 140 valence electrons. The van der Waals surface area contributed by atoms with Gasteiger partial charge in [-0.05, 0) is 39.4 Å². The predicted molar refractivity (Wildman–Crippen MR) is 109 cm³/mol. The molecular formula is C17H34IN5O. The molecule has 0 bridgehead atoms. The summed E-state index contributed by atoms with van der Waals surface area (Å²) < 4.78 is 5.63. The molecule has 0 aromatic heterocycles. The van der Waals surface area contributed by atoms with Gasteiger partial charge in [0.25, 0.3) is 0 Å². The number of nitrogens with zero attached hydrogens (tertiary/aromatic N) is 4. The zero-order valence-corrected chi connectivity index (χ0v) is 17.6. The molecule has 1 spiro atoms. The SMILES string of the molecule is CN=C(NCCN1CCCN(C)CC1)N1CCC2(CCOC2)C1.I. The number of likely N-dealkylation sites (N-methyl/N-ethyl adjacent to an activating group) is 1. The molecule has 0 aromatic rings. The summed E-state index contributed by atoms with van der Waals surface area (Å²) in [5.41, 5.74) is 0.396. The number of nitrogens with one attached hydrogen (secondary N) is 1. The van der Waals surface area contributed by atoms with E-state index < -0.39 is 0 Å². The average molecular weight is 451 g/mol. The maximum absolute atomic E-state index is 5.63. The third-order valence-corrected chi connectivity index (χ3v) is 5.66. The van der Waals surface area contributed by atoms with Crippen molar-refractivity contribution in [3.8, 4) is 0 Å². The summed E-state index contributed by atoms with van der Waals surface area (Å²) in [6, 6.07) is 0. The van der Waals surface area contributed by atoms with Gasteiger partial charge >= 0.3 is 0 Å². The fraction of sp³-hybridized carbons (Fsp3) is 0.941. The van der Waals surface area contributed by atoms with Gasteiger partial charge in [-0.25, -0.2) is 0 Å². The molecule has 3 fully saturated rings. The van der Waals surface area contributed by atoms with Gasteiger partial charge in [0.05, 0.1) is 6.61 Å². The molecule has 0 amide bonds. The number of hydrogen-bond donors (Lipinski definition) is 1. The van der Waals surface area contributed by atoms with Crippen LogP contribution < -0.4 is 5.32 Å². The summed E-state index contributed by atoms with van der Waals surface area (Å²) in [7, 11) is 4.12. The smallest absolute Gasteiger partial charge is 0.193 e. The summed E-state index contributed by atoms with van der Waals surface area (Å²) in [5, 5.41) is 3.58. The summed E-state index contributed by atoms with van der Waals surface area (Å²) in [4.78, 5) is 11.9. The van der Waals surface area contributed by atoms with Crippen LogP contribution in [0, 0.1) is 5.41 Å². The van der Waals surface area contributed by atoms with Gasteiger partial charge in [0.2, 0.25) is 0 Å². The Morgan fingerprint density at radius 2 is 2.04 bits per heavy atom. The van der Waals surface area contributed by atoms with Crippen LogP contribution >= 0.6 is 24.0 Å². The second-order valence-corrected chi connectivity index (χ2v) is 7.45. The van der Waals surface area contributed by atoms with Crippen molar-refractivity contribution in [1.82, 2.24) is 20.0 Å². The number of guanidine groups is 1. The topological polar surface area (TPSA) is 43.3 Å². The molecule has 3 aliphatic rings. The molecule has 1 unspecified atom stereocenters. The quantitative estimate of drug-likeness (QED) is 0.393. The lowest BCUT2D eigenvalue weighted by Crippen LogP contribution is -2.44. The first-order valence-corrected chi connectivity index (χ1v) is 9.15. The molecule has 1 atom stereocenters. The van der Waals surface area contributed by atoms with E-state index in [9.17, 15) is 0 Å². The van der Waals surface area contributed by atoms with Crippen molar-refractivity contribution < 1.29 is 4.74 Å². The van der Waals surface area contributed by atoms with Crippen molar-refractivity contribution >= 4 is 29.9 Å². The Hall–Kier alpha value is -0.120. The Morgan fingerprint density at radius 3 is 2.79 bits per heavy atom. The molecule has 3 rings (SSSR count). The minimum atomic E-state index is 0. The molecule has 0 aromatic carbocycles. The van der Waals surface area contributed by atoms with E-state index in [1.54, 1.807) is 0 Å².